The second-order valence-electron chi connectivity index (χ2n) is 14.4. The summed E-state index contributed by atoms with van der Waals surface area (Å²) in [4.78, 5) is 28.9. The lowest BCUT2D eigenvalue weighted by molar-refractivity contribution is -0.0299. The van der Waals surface area contributed by atoms with Gasteiger partial charge in [0.15, 0.2) is 11.6 Å². The van der Waals surface area contributed by atoms with Crippen LogP contribution in [-0.4, -0.2) is 115 Å². The van der Waals surface area contributed by atoms with Crippen molar-refractivity contribution in [2.24, 2.45) is 11.3 Å². The SMILES string of the molecule is CCS(=O)(=O)N[C@@H]1CC[C@@H](CN2CCC3(CC2)CN(c2ncncc2Oc2ccc(F)cc2C(=O)N(C[C@H]2C[C@@H](O)C2)C(C)C)C3)OC1. The standard InChI is InChI=1S/C34H49FN6O6S/c1-4-48(44,45)38-26-6-7-28(46-19-26)18-39-11-9-34(10-12-39)20-40(21-34)32-31(16-36-22-37-32)47-30-8-5-25(35)15-29(30)33(43)41(23(2)3)17-24-13-27(42)14-24/h5,8,15-16,22-24,26-28,38,42H,4,6-7,9-14,17-21H2,1-3H3/t24-,26-,27+,28+/m1/s1. The highest BCUT2D eigenvalue weighted by Gasteiger charge is 2.46. The number of likely N-dealkylation sites (tertiary alicyclic amines) is 1. The van der Waals surface area contributed by atoms with Crippen molar-refractivity contribution in [2.75, 3.05) is 56.5 Å². The Bertz CT molecular complexity index is 1530. The molecular weight excluding hydrogens is 639 g/mol. The molecule has 1 amide bonds. The van der Waals surface area contributed by atoms with Gasteiger partial charge in [-0.15, -0.1) is 0 Å². The van der Waals surface area contributed by atoms with E-state index in [1.807, 2.05) is 13.8 Å². The number of sulfonamides is 1. The van der Waals surface area contributed by atoms with Crippen LogP contribution < -0.4 is 14.4 Å². The fourth-order valence-electron chi connectivity index (χ4n) is 7.41. The van der Waals surface area contributed by atoms with E-state index in [4.69, 9.17) is 9.47 Å². The number of aromatic nitrogens is 2. The molecule has 1 saturated carbocycles. The van der Waals surface area contributed by atoms with Crippen molar-refractivity contribution >= 4 is 21.7 Å². The van der Waals surface area contributed by atoms with Gasteiger partial charge >= 0.3 is 0 Å². The number of nitrogens with zero attached hydrogens (tertiary/aromatic N) is 5. The summed E-state index contributed by atoms with van der Waals surface area (Å²) >= 11 is 0. The van der Waals surface area contributed by atoms with Gasteiger partial charge in [-0.05, 0) is 96.5 Å². The monoisotopic (exact) mass is 688 g/mol. The maximum atomic E-state index is 14.5. The molecule has 0 bridgehead atoms. The summed E-state index contributed by atoms with van der Waals surface area (Å²) in [6.07, 6.45) is 7.92. The van der Waals surface area contributed by atoms with E-state index in [1.165, 1.54) is 24.5 Å². The molecule has 4 fully saturated rings. The van der Waals surface area contributed by atoms with Crippen LogP contribution in [0.15, 0.2) is 30.7 Å². The van der Waals surface area contributed by atoms with Crippen molar-refractivity contribution in [1.29, 1.82) is 0 Å². The Kier molecular flexibility index (Phi) is 10.6. The van der Waals surface area contributed by atoms with Crippen molar-refractivity contribution in [1.82, 2.24) is 24.5 Å². The number of rotatable bonds is 12. The lowest BCUT2D eigenvalue weighted by atomic mass is 9.72. The molecular formula is C34H49FN6O6S. The highest BCUT2D eigenvalue weighted by molar-refractivity contribution is 7.89. The molecule has 6 rings (SSSR count). The summed E-state index contributed by atoms with van der Waals surface area (Å²) < 4.78 is 53.3. The average molecular weight is 689 g/mol. The van der Waals surface area contributed by atoms with Gasteiger partial charge in [-0.1, -0.05) is 0 Å². The summed E-state index contributed by atoms with van der Waals surface area (Å²) in [6.45, 7) is 10.9. The summed E-state index contributed by atoms with van der Waals surface area (Å²) in [5.41, 5.74) is 0.324. The van der Waals surface area contributed by atoms with E-state index >= 15 is 0 Å². The van der Waals surface area contributed by atoms with Crippen LogP contribution in [0.1, 0.15) is 69.7 Å². The summed E-state index contributed by atoms with van der Waals surface area (Å²) in [6, 6.07) is 3.74. The van der Waals surface area contributed by atoms with Crippen LogP contribution in [-0.2, 0) is 14.8 Å². The molecule has 2 atom stereocenters. The number of aliphatic hydroxyl groups is 1. The molecule has 4 aliphatic rings. The number of carbonyl (C=O) groups is 1. The van der Waals surface area contributed by atoms with Crippen molar-refractivity contribution in [3.8, 4) is 11.5 Å². The molecule has 2 N–H and O–H groups in total. The number of benzene rings is 1. The molecule has 1 spiro atoms. The Morgan fingerprint density at radius 1 is 1.21 bits per heavy atom. The first-order valence-corrected chi connectivity index (χ1v) is 18.9. The lowest BCUT2D eigenvalue weighted by Crippen LogP contribution is -2.61. The zero-order valence-corrected chi connectivity index (χ0v) is 29.0. The first kappa shape index (κ1) is 34.9. The topological polar surface area (TPSA) is 137 Å². The van der Waals surface area contributed by atoms with Crippen LogP contribution in [0.3, 0.4) is 0 Å². The van der Waals surface area contributed by atoms with Gasteiger partial charge in [0, 0.05) is 43.7 Å². The van der Waals surface area contributed by atoms with E-state index in [2.05, 4.69) is 24.5 Å². The van der Waals surface area contributed by atoms with Crippen LogP contribution in [0.5, 0.6) is 11.5 Å². The van der Waals surface area contributed by atoms with Gasteiger partial charge in [-0.3, -0.25) is 4.79 Å². The number of anilines is 1. The molecule has 1 aromatic carbocycles. The first-order valence-electron chi connectivity index (χ1n) is 17.3. The van der Waals surface area contributed by atoms with Gasteiger partial charge in [-0.2, -0.15) is 0 Å². The Balaban J connectivity index is 1.04. The van der Waals surface area contributed by atoms with Crippen molar-refractivity contribution in [3.63, 3.8) is 0 Å². The number of nitrogens with one attached hydrogen (secondary N) is 1. The number of hydrogen-bond donors (Lipinski definition) is 2. The van der Waals surface area contributed by atoms with E-state index in [-0.39, 0.29) is 58.6 Å². The number of carbonyl (C=O) groups excluding carboxylic acids is 1. The maximum absolute atomic E-state index is 14.5. The average Bonchev–Trinajstić information content (AvgIpc) is 3.03. The minimum absolute atomic E-state index is 0.0762. The van der Waals surface area contributed by atoms with Crippen LogP contribution in [0, 0.1) is 17.2 Å². The maximum Gasteiger partial charge on any atom is 0.257 e. The molecule has 0 unspecified atom stereocenters. The Morgan fingerprint density at radius 2 is 1.96 bits per heavy atom. The fraction of sp³-hybridized carbons (Fsp3) is 0.676. The zero-order chi connectivity index (χ0) is 34.1. The van der Waals surface area contributed by atoms with E-state index < -0.39 is 15.8 Å². The molecule has 48 heavy (non-hydrogen) atoms. The molecule has 264 valence electrons. The Labute approximate surface area is 283 Å². The summed E-state index contributed by atoms with van der Waals surface area (Å²) in [5.74, 6) is 0.771. The van der Waals surface area contributed by atoms with Crippen molar-refractivity contribution in [3.05, 3.63) is 42.1 Å². The molecule has 2 aromatic rings. The molecule has 14 heteroatoms. The van der Waals surface area contributed by atoms with E-state index in [0.717, 1.165) is 58.4 Å². The summed E-state index contributed by atoms with van der Waals surface area (Å²) in [7, 11) is -3.23. The number of ether oxygens (including phenoxy) is 2. The molecule has 4 heterocycles. The molecule has 3 aliphatic heterocycles. The van der Waals surface area contributed by atoms with Crippen LogP contribution in [0.25, 0.3) is 0 Å². The fourth-order valence-corrected chi connectivity index (χ4v) is 8.28. The largest absolute Gasteiger partial charge is 0.451 e. The first-order chi connectivity index (χ1) is 22.9. The second kappa shape index (κ2) is 14.5. The zero-order valence-electron chi connectivity index (χ0n) is 28.2. The number of aliphatic hydroxyl groups excluding tert-OH is 1. The molecule has 12 nitrogen and oxygen atoms in total. The van der Waals surface area contributed by atoms with Gasteiger partial charge in [0.2, 0.25) is 10.0 Å². The van der Waals surface area contributed by atoms with Crippen molar-refractivity contribution < 1.29 is 32.2 Å². The molecule has 1 aliphatic carbocycles. The Hall–Kier alpha value is -2.91. The van der Waals surface area contributed by atoms with Gasteiger partial charge in [0.25, 0.3) is 5.91 Å². The predicted molar refractivity (Wildman–Crippen MR) is 179 cm³/mol. The number of halogens is 1. The van der Waals surface area contributed by atoms with Crippen LogP contribution in [0.4, 0.5) is 10.2 Å². The normalized spacial score (nSPS) is 25.8. The minimum atomic E-state index is -3.23. The molecule has 3 saturated heterocycles. The highest BCUT2D eigenvalue weighted by Crippen LogP contribution is 2.45. The summed E-state index contributed by atoms with van der Waals surface area (Å²) in [5, 5.41) is 9.75. The smallest absolute Gasteiger partial charge is 0.257 e. The van der Waals surface area contributed by atoms with Gasteiger partial charge < -0.3 is 29.3 Å². The number of hydrogen-bond acceptors (Lipinski definition) is 10. The van der Waals surface area contributed by atoms with E-state index in [0.29, 0.717) is 37.6 Å². The number of amides is 1. The third-order valence-electron chi connectivity index (χ3n) is 10.4. The quantitative estimate of drug-likeness (QED) is 0.341. The highest BCUT2D eigenvalue weighted by atomic mass is 32.2. The van der Waals surface area contributed by atoms with E-state index in [1.54, 1.807) is 18.0 Å². The minimum Gasteiger partial charge on any atom is -0.451 e. The predicted octanol–water partition coefficient (Wildman–Crippen LogP) is 3.42. The van der Waals surface area contributed by atoms with Crippen LogP contribution >= 0.6 is 0 Å². The van der Waals surface area contributed by atoms with E-state index in [9.17, 15) is 22.7 Å². The second-order valence-corrected chi connectivity index (χ2v) is 16.4. The van der Waals surface area contributed by atoms with Gasteiger partial charge in [0.1, 0.15) is 17.9 Å². The molecule has 1 aromatic heterocycles. The van der Waals surface area contributed by atoms with Crippen LogP contribution in [0.2, 0.25) is 0 Å². The lowest BCUT2D eigenvalue weighted by Gasteiger charge is -2.54. The molecule has 0 radical (unpaired) electrons. The number of piperidine rings is 1. The van der Waals surface area contributed by atoms with Gasteiger partial charge in [0.05, 0.1) is 36.3 Å². The van der Waals surface area contributed by atoms with Gasteiger partial charge in [-0.25, -0.2) is 27.5 Å². The Morgan fingerprint density at radius 3 is 2.60 bits per heavy atom. The third kappa shape index (κ3) is 8.10. The third-order valence-corrected chi connectivity index (χ3v) is 11.9. The van der Waals surface area contributed by atoms with Crippen molar-refractivity contribution in [2.45, 2.75) is 83.6 Å².